The van der Waals surface area contributed by atoms with Gasteiger partial charge in [-0.15, -0.1) is 0 Å². The summed E-state index contributed by atoms with van der Waals surface area (Å²) in [4.78, 5) is 21.9. The van der Waals surface area contributed by atoms with Crippen molar-refractivity contribution in [1.82, 2.24) is 0 Å². The van der Waals surface area contributed by atoms with Gasteiger partial charge in [0.05, 0.1) is 10.5 Å². The first-order chi connectivity index (χ1) is 11.0. The van der Waals surface area contributed by atoms with Crippen molar-refractivity contribution in [2.75, 3.05) is 18.9 Å². The van der Waals surface area contributed by atoms with Gasteiger partial charge >= 0.3 is 5.97 Å². The molecule has 0 spiro atoms. The lowest BCUT2D eigenvalue weighted by Crippen LogP contribution is -2.14. The molecule has 0 bridgehead atoms. The predicted molar refractivity (Wildman–Crippen MR) is 79.7 cm³/mol. The van der Waals surface area contributed by atoms with Gasteiger partial charge in [-0.25, -0.2) is 9.18 Å². The number of hydrogen-bond donors (Lipinski definition) is 1. The van der Waals surface area contributed by atoms with Gasteiger partial charge in [0.2, 0.25) is 0 Å². The smallest absolute Gasteiger partial charge is 0.340 e. The number of ether oxygens (including phenoxy) is 2. The van der Waals surface area contributed by atoms with Crippen molar-refractivity contribution in [3.63, 3.8) is 0 Å². The lowest BCUT2D eigenvalue weighted by molar-refractivity contribution is -0.384. The van der Waals surface area contributed by atoms with Crippen LogP contribution in [0.5, 0.6) is 5.75 Å². The van der Waals surface area contributed by atoms with E-state index in [-0.39, 0.29) is 36.0 Å². The Balaban J connectivity index is 1.88. The summed E-state index contributed by atoms with van der Waals surface area (Å²) >= 11 is 0. The summed E-state index contributed by atoms with van der Waals surface area (Å²) in [7, 11) is 0. The molecule has 0 fully saturated rings. The van der Waals surface area contributed by atoms with Crippen molar-refractivity contribution in [1.29, 1.82) is 0 Å². The fourth-order valence-corrected chi connectivity index (χ4v) is 1.74. The Kier molecular flexibility index (Phi) is 5.08. The molecule has 120 valence electrons. The first kappa shape index (κ1) is 16.2. The van der Waals surface area contributed by atoms with E-state index in [1.807, 2.05) is 0 Å². The third kappa shape index (κ3) is 4.40. The van der Waals surface area contributed by atoms with E-state index in [0.717, 1.165) is 6.07 Å². The summed E-state index contributed by atoms with van der Waals surface area (Å²) < 4.78 is 22.9. The standard InChI is InChI=1S/C15H13FN2O5/c16-10-1-4-12(5-2-10)22-7-8-23-15(19)13-9-11(18(20)21)3-6-14(13)17/h1-6,9H,7-8,17H2. The zero-order valence-corrected chi connectivity index (χ0v) is 11.9. The minimum atomic E-state index is -0.783. The first-order valence-corrected chi connectivity index (χ1v) is 6.57. The zero-order chi connectivity index (χ0) is 16.8. The van der Waals surface area contributed by atoms with Crippen LogP contribution < -0.4 is 10.5 Å². The Morgan fingerprint density at radius 2 is 1.87 bits per heavy atom. The molecule has 0 aliphatic heterocycles. The fraction of sp³-hybridized carbons (Fsp3) is 0.133. The molecule has 0 atom stereocenters. The van der Waals surface area contributed by atoms with Crippen LogP contribution in [0.25, 0.3) is 0 Å². The van der Waals surface area contributed by atoms with Crippen molar-refractivity contribution in [3.05, 3.63) is 64.0 Å². The van der Waals surface area contributed by atoms with Gasteiger partial charge in [0, 0.05) is 17.8 Å². The normalized spacial score (nSPS) is 10.1. The van der Waals surface area contributed by atoms with Crippen molar-refractivity contribution in [2.24, 2.45) is 0 Å². The van der Waals surface area contributed by atoms with E-state index in [1.165, 1.54) is 36.4 Å². The van der Waals surface area contributed by atoms with E-state index in [9.17, 15) is 19.3 Å². The topological polar surface area (TPSA) is 105 Å². The van der Waals surface area contributed by atoms with Crippen LogP contribution in [-0.2, 0) is 4.74 Å². The van der Waals surface area contributed by atoms with E-state index in [0.29, 0.717) is 5.75 Å². The Hall–Kier alpha value is -3.16. The molecule has 0 radical (unpaired) electrons. The highest BCUT2D eigenvalue weighted by Gasteiger charge is 2.16. The van der Waals surface area contributed by atoms with Crippen LogP contribution in [0.2, 0.25) is 0 Å². The predicted octanol–water partition coefficient (Wildman–Crippen LogP) is 2.55. The van der Waals surface area contributed by atoms with E-state index in [4.69, 9.17) is 15.2 Å². The van der Waals surface area contributed by atoms with Crippen LogP contribution in [0.3, 0.4) is 0 Å². The molecule has 0 aliphatic rings. The molecule has 2 rings (SSSR count). The number of carbonyl (C=O) groups excluding carboxylic acids is 1. The minimum Gasteiger partial charge on any atom is -0.490 e. The Labute approximate surface area is 130 Å². The van der Waals surface area contributed by atoms with E-state index in [1.54, 1.807) is 0 Å². The summed E-state index contributed by atoms with van der Waals surface area (Å²) in [6, 6.07) is 8.88. The number of nitro groups is 1. The maximum Gasteiger partial charge on any atom is 0.340 e. The molecule has 0 saturated carbocycles. The van der Waals surface area contributed by atoms with Crippen LogP contribution in [0, 0.1) is 15.9 Å². The minimum absolute atomic E-state index is 0.0478. The number of non-ortho nitro benzene ring substituents is 1. The van der Waals surface area contributed by atoms with Gasteiger partial charge in [-0.1, -0.05) is 0 Å². The van der Waals surface area contributed by atoms with Crippen molar-refractivity contribution < 1.29 is 23.6 Å². The molecule has 2 N–H and O–H groups in total. The Bertz CT molecular complexity index is 718. The molecule has 0 amide bonds. The van der Waals surface area contributed by atoms with E-state index in [2.05, 4.69) is 0 Å². The number of nitro benzene ring substituents is 1. The van der Waals surface area contributed by atoms with E-state index < -0.39 is 10.9 Å². The maximum absolute atomic E-state index is 12.7. The second-order valence-corrected chi connectivity index (χ2v) is 4.47. The molecule has 0 unspecified atom stereocenters. The number of nitrogens with zero attached hydrogens (tertiary/aromatic N) is 1. The molecule has 2 aromatic rings. The van der Waals surface area contributed by atoms with Crippen LogP contribution in [0.1, 0.15) is 10.4 Å². The van der Waals surface area contributed by atoms with Gasteiger partial charge in [0.25, 0.3) is 5.69 Å². The third-order valence-electron chi connectivity index (χ3n) is 2.87. The molecule has 23 heavy (non-hydrogen) atoms. The number of esters is 1. The Morgan fingerprint density at radius 3 is 2.52 bits per heavy atom. The number of halogens is 1. The largest absolute Gasteiger partial charge is 0.490 e. The molecule has 0 saturated heterocycles. The highest BCUT2D eigenvalue weighted by atomic mass is 19.1. The van der Waals surface area contributed by atoms with Crippen LogP contribution in [-0.4, -0.2) is 24.1 Å². The summed E-state index contributed by atoms with van der Waals surface area (Å²) in [6.45, 7) is -0.0372. The SMILES string of the molecule is Nc1ccc([N+](=O)[O-])cc1C(=O)OCCOc1ccc(F)cc1. The van der Waals surface area contributed by atoms with Crippen LogP contribution in [0.4, 0.5) is 15.8 Å². The zero-order valence-electron chi connectivity index (χ0n) is 11.9. The number of carbonyl (C=O) groups is 1. The third-order valence-corrected chi connectivity index (χ3v) is 2.87. The van der Waals surface area contributed by atoms with E-state index >= 15 is 0 Å². The monoisotopic (exact) mass is 320 g/mol. The van der Waals surface area contributed by atoms with Gasteiger partial charge < -0.3 is 15.2 Å². The quantitative estimate of drug-likeness (QED) is 0.288. The van der Waals surface area contributed by atoms with Gasteiger partial charge in [-0.05, 0) is 30.3 Å². The molecule has 7 nitrogen and oxygen atoms in total. The summed E-state index contributed by atoms with van der Waals surface area (Å²) in [5.41, 5.74) is 5.35. The molecule has 0 aliphatic carbocycles. The second-order valence-electron chi connectivity index (χ2n) is 4.47. The lowest BCUT2D eigenvalue weighted by Gasteiger charge is -2.08. The maximum atomic E-state index is 12.7. The Morgan fingerprint density at radius 1 is 1.17 bits per heavy atom. The highest BCUT2D eigenvalue weighted by Crippen LogP contribution is 2.20. The highest BCUT2D eigenvalue weighted by molar-refractivity contribution is 5.95. The first-order valence-electron chi connectivity index (χ1n) is 6.57. The fourth-order valence-electron chi connectivity index (χ4n) is 1.74. The summed E-state index contributed by atoms with van der Waals surface area (Å²) in [5.74, 6) is -0.740. The average Bonchev–Trinajstić information content (AvgIpc) is 2.53. The number of anilines is 1. The number of nitrogen functional groups attached to an aromatic ring is 1. The summed E-state index contributed by atoms with van der Waals surface area (Å²) in [6.07, 6.45) is 0. The van der Waals surface area contributed by atoms with Gasteiger partial charge in [-0.2, -0.15) is 0 Å². The van der Waals surface area contributed by atoms with Crippen molar-refractivity contribution >= 4 is 17.3 Å². The van der Waals surface area contributed by atoms with Crippen LogP contribution >= 0.6 is 0 Å². The van der Waals surface area contributed by atoms with Crippen molar-refractivity contribution in [3.8, 4) is 5.75 Å². The molecule has 0 heterocycles. The lowest BCUT2D eigenvalue weighted by atomic mass is 10.1. The molecule has 8 heteroatoms. The summed E-state index contributed by atoms with van der Waals surface area (Å²) in [5, 5.41) is 10.7. The van der Waals surface area contributed by atoms with Gasteiger partial charge in [0.1, 0.15) is 24.8 Å². The van der Waals surface area contributed by atoms with Gasteiger partial charge in [-0.3, -0.25) is 10.1 Å². The number of rotatable bonds is 6. The number of benzene rings is 2. The number of hydrogen-bond acceptors (Lipinski definition) is 6. The average molecular weight is 320 g/mol. The molecule has 0 aromatic heterocycles. The number of nitrogens with two attached hydrogens (primary N) is 1. The van der Waals surface area contributed by atoms with Crippen LogP contribution in [0.15, 0.2) is 42.5 Å². The van der Waals surface area contributed by atoms with Crippen molar-refractivity contribution in [2.45, 2.75) is 0 Å². The second kappa shape index (κ2) is 7.21. The van der Waals surface area contributed by atoms with Gasteiger partial charge in [0.15, 0.2) is 0 Å². The molecular weight excluding hydrogens is 307 g/mol. The molecular formula is C15H13FN2O5. The molecule has 2 aromatic carbocycles.